The summed E-state index contributed by atoms with van der Waals surface area (Å²) in [4.78, 5) is 24.3. The Morgan fingerprint density at radius 3 is 2.32 bits per heavy atom. The summed E-state index contributed by atoms with van der Waals surface area (Å²) in [7, 11) is 1.35. The first-order valence-electron chi connectivity index (χ1n) is 7.06. The van der Waals surface area contributed by atoms with E-state index in [4.69, 9.17) is 4.74 Å². The Morgan fingerprint density at radius 2 is 1.89 bits per heavy atom. The molecule has 5 heteroatoms. The summed E-state index contributed by atoms with van der Waals surface area (Å²) in [6, 6.07) is -0.559. The standard InChI is InChI=1S/C14H26N2O3/c1-5-14(6-8-15-9-7-14)13(18)16-11(10(2)3)12(17)19-4/h10-11,15H,5-9H2,1-4H3,(H,16,18)/t11-/m0/s1. The summed E-state index contributed by atoms with van der Waals surface area (Å²) in [6.07, 6.45) is 2.44. The number of methoxy groups -OCH3 is 1. The number of rotatable bonds is 5. The largest absolute Gasteiger partial charge is 0.467 e. The van der Waals surface area contributed by atoms with E-state index in [9.17, 15) is 9.59 Å². The molecule has 1 amide bonds. The van der Waals surface area contributed by atoms with E-state index in [1.165, 1.54) is 7.11 Å². The fourth-order valence-corrected chi connectivity index (χ4v) is 2.57. The molecular weight excluding hydrogens is 244 g/mol. The topological polar surface area (TPSA) is 67.4 Å². The molecule has 0 aliphatic carbocycles. The first kappa shape index (κ1) is 16.0. The van der Waals surface area contributed by atoms with E-state index in [0.717, 1.165) is 32.4 Å². The Labute approximate surface area is 115 Å². The molecular formula is C14H26N2O3. The highest BCUT2D eigenvalue weighted by molar-refractivity contribution is 5.88. The van der Waals surface area contributed by atoms with Gasteiger partial charge in [-0.3, -0.25) is 4.79 Å². The number of hydrogen-bond donors (Lipinski definition) is 2. The number of piperidine rings is 1. The maximum absolute atomic E-state index is 12.5. The van der Waals surface area contributed by atoms with Crippen molar-refractivity contribution in [1.29, 1.82) is 0 Å². The predicted molar refractivity (Wildman–Crippen MR) is 73.6 cm³/mol. The minimum atomic E-state index is -0.559. The zero-order valence-corrected chi connectivity index (χ0v) is 12.4. The van der Waals surface area contributed by atoms with E-state index in [-0.39, 0.29) is 23.2 Å². The van der Waals surface area contributed by atoms with Gasteiger partial charge in [0.2, 0.25) is 5.91 Å². The molecule has 2 N–H and O–H groups in total. The Morgan fingerprint density at radius 1 is 1.32 bits per heavy atom. The number of nitrogens with one attached hydrogen (secondary N) is 2. The molecule has 0 saturated carbocycles. The van der Waals surface area contributed by atoms with Crippen LogP contribution in [0.1, 0.15) is 40.0 Å². The van der Waals surface area contributed by atoms with Gasteiger partial charge < -0.3 is 15.4 Å². The predicted octanol–water partition coefficient (Wildman–Crippen LogP) is 1.08. The smallest absolute Gasteiger partial charge is 0.328 e. The third kappa shape index (κ3) is 3.69. The van der Waals surface area contributed by atoms with Crippen LogP contribution in [0.4, 0.5) is 0 Å². The monoisotopic (exact) mass is 270 g/mol. The summed E-state index contributed by atoms with van der Waals surface area (Å²) in [5.41, 5.74) is -0.341. The number of esters is 1. The van der Waals surface area contributed by atoms with Crippen molar-refractivity contribution in [2.24, 2.45) is 11.3 Å². The van der Waals surface area contributed by atoms with Crippen LogP contribution in [0.5, 0.6) is 0 Å². The lowest BCUT2D eigenvalue weighted by Gasteiger charge is -2.36. The van der Waals surface area contributed by atoms with Crippen molar-refractivity contribution in [2.45, 2.75) is 46.1 Å². The number of ether oxygens (including phenoxy) is 1. The molecule has 5 nitrogen and oxygen atoms in total. The van der Waals surface area contributed by atoms with Gasteiger partial charge in [0.05, 0.1) is 12.5 Å². The second kappa shape index (κ2) is 6.89. The maximum atomic E-state index is 12.5. The lowest BCUT2D eigenvalue weighted by molar-refractivity contribution is -0.148. The molecule has 0 unspecified atom stereocenters. The Bertz CT molecular complexity index is 323. The van der Waals surface area contributed by atoms with Crippen molar-refractivity contribution in [3.8, 4) is 0 Å². The lowest BCUT2D eigenvalue weighted by Crippen LogP contribution is -2.53. The van der Waals surface area contributed by atoms with Gasteiger partial charge in [-0.15, -0.1) is 0 Å². The molecule has 19 heavy (non-hydrogen) atoms. The number of amides is 1. The van der Waals surface area contributed by atoms with Crippen LogP contribution in [0.15, 0.2) is 0 Å². The number of carbonyl (C=O) groups excluding carboxylic acids is 2. The molecule has 1 atom stereocenters. The Balaban J connectivity index is 2.77. The van der Waals surface area contributed by atoms with Crippen LogP contribution in [0.25, 0.3) is 0 Å². The molecule has 0 spiro atoms. The molecule has 0 aromatic carbocycles. The van der Waals surface area contributed by atoms with E-state index in [1.54, 1.807) is 0 Å². The molecule has 0 aromatic heterocycles. The van der Waals surface area contributed by atoms with Crippen molar-refractivity contribution in [1.82, 2.24) is 10.6 Å². The summed E-state index contributed by atoms with van der Waals surface area (Å²) < 4.78 is 4.76. The second-order valence-electron chi connectivity index (χ2n) is 5.60. The normalized spacial score (nSPS) is 19.8. The van der Waals surface area contributed by atoms with Gasteiger partial charge in [-0.2, -0.15) is 0 Å². The molecule has 0 aromatic rings. The van der Waals surface area contributed by atoms with Crippen molar-refractivity contribution >= 4 is 11.9 Å². The van der Waals surface area contributed by atoms with Gasteiger partial charge in [0, 0.05) is 0 Å². The molecule has 110 valence electrons. The minimum absolute atomic E-state index is 0.0133. The Hall–Kier alpha value is -1.10. The van der Waals surface area contributed by atoms with Crippen LogP contribution in [-0.4, -0.2) is 38.1 Å². The molecule has 1 rings (SSSR count). The molecule has 0 bridgehead atoms. The van der Waals surface area contributed by atoms with Crippen LogP contribution >= 0.6 is 0 Å². The molecule has 1 saturated heterocycles. The molecule has 1 aliphatic heterocycles. The fraction of sp³-hybridized carbons (Fsp3) is 0.857. The van der Waals surface area contributed by atoms with Crippen LogP contribution < -0.4 is 10.6 Å². The van der Waals surface area contributed by atoms with Gasteiger partial charge in [-0.25, -0.2) is 4.79 Å². The van der Waals surface area contributed by atoms with Crippen LogP contribution in [-0.2, 0) is 14.3 Å². The zero-order valence-electron chi connectivity index (χ0n) is 12.4. The highest BCUT2D eigenvalue weighted by Crippen LogP contribution is 2.33. The highest BCUT2D eigenvalue weighted by Gasteiger charge is 2.40. The average Bonchev–Trinajstić information content (AvgIpc) is 2.43. The highest BCUT2D eigenvalue weighted by atomic mass is 16.5. The first-order valence-corrected chi connectivity index (χ1v) is 7.06. The van der Waals surface area contributed by atoms with Gasteiger partial charge in [-0.1, -0.05) is 20.8 Å². The van der Waals surface area contributed by atoms with Gasteiger partial charge in [-0.05, 0) is 38.3 Å². The quantitative estimate of drug-likeness (QED) is 0.734. The fourth-order valence-electron chi connectivity index (χ4n) is 2.57. The van der Waals surface area contributed by atoms with Gasteiger partial charge in [0.25, 0.3) is 0 Å². The zero-order chi connectivity index (χ0) is 14.5. The number of hydrogen-bond acceptors (Lipinski definition) is 4. The van der Waals surface area contributed by atoms with Crippen LogP contribution in [0.3, 0.4) is 0 Å². The van der Waals surface area contributed by atoms with Crippen molar-refractivity contribution in [2.75, 3.05) is 20.2 Å². The van der Waals surface area contributed by atoms with Crippen molar-refractivity contribution in [3.05, 3.63) is 0 Å². The van der Waals surface area contributed by atoms with Crippen molar-refractivity contribution in [3.63, 3.8) is 0 Å². The Kier molecular flexibility index (Phi) is 5.79. The SMILES string of the molecule is CCC1(C(=O)N[C@H](C(=O)OC)C(C)C)CCNCC1. The molecule has 0 radical (unpaired) electrons. The van der Waals surface area contributed by atoms with Crippen LogP contribution in [0.2, 0.25) is 0 Å². The average molecular weight is 270 g/mol. The lowest BCUT2D eigenvalue weighted by atomic mass is 9.75. The summed E-state index contributed by atoms with van der Waals surface area (Å²) >= 11 is 0. The minimum Gasteiger partial charge on any atom is -0.467 e. The van der Waals surface area contributed by atoms with Gasteiger partial charge >= 0.3 is 5.97 Å². The number of carbonyl (C=O) groups is 2. The molecule has 1 heterocycles. The van der Waals surface area contributed by atoms with E-state index in [0.29, 0.717) is 0 Å². The van der Waals surface area contributed by atoms with Gasteiger partial charge in [0.1, 0.15) is 6.04 Å². The summed E-state index contributed by atoms with van der Waals surface area (Å²) in [5, 5.41) is 6.15. The third-order valence-corrected chi connectivity index (χ3v) is 4.13. The van der Waals surface area contributed by atoms with Gasteiger partial charge in [0.15, 0.2) is 0 Å². The van der Waals surface area contributed by atoms with E-state index < -0.39 is 6.04 Å². The maximum Gasteiger partial charge on any atom is 0.328 e. The molecule has 1 aliphatic rings. The first-order chi connectivity index (χ1) is 8.96. The summed E-state index contributed by atoms with van der Waals surface area (Å²) in [6.45, 7) is 7.55. The van der Waals surface area contributed by atoms with E-state index >= 15 is 0 Å². The second-order valence-corrected chi connectivity index (χ2v) is 5.60. The molecule has 1 fully saturated rings. The van der Waals surface area contributed by atoms with E-state index in [1.807, 2.05) is 20.8 Å². The van der Waals surface area contributed by atoms with Crippen LogP contribution in [0, 0.1) is 11.3 Å². The van der Waals surface area contributed by atoms with Crippen molar-refractivity contribution < 1.29 is 14.3 Å². The summed E-state index contributed by atoms with van der Waals surface area (Å²) in [5.74, 6) is -0.365. The van der Waals surface area contributed by atoms with E-state index in [2.05, 4.69) is 10.6 Å². The third-order valence-electron chi connectivity index (χ3n) is 4.13.